The van der Waals surface area contributed by atoms with Crippen LogP contribution in [0.25, 0.3) is 0 Å². The number of halogens is 2. The molecule has 0 aliphatic carbocycles. The summed E-state index contributed by atoms with van der Waals surface area (Å²) in [7, 11) is 1.39. The van der Waals surface area contributed by atoms with Crippen LogP contribution in [-0.2, 0) is 6.54 Å². The van der Waals surface area contributed by atoms with Gasteiger partial charge >= 0.3 is 0 Å². The molecule has 0 fully saturated rings. The van der Waals surface area contributed by atoms with E-state index >= 15 is 0 Å². The van der Waals surface area contributed by atoms with Crippen LogP contribution in [0.15, 0.2) is 35.4 Å². The molecule has 0 aliphatic heterocycles. The normalized spacial score (nSPS) is 10.4. The van der Waals surface area contributed by atoms with E-state index in [4.69, 9.17) is 16.3 Å². The second-order valence-corrected chi connectivity index (χ2v) is 4.00. The van der Waals surface area contributed by atoms with Crippen molar-refractivity contribution < 1.29 is 9.13 Å². The monoisotopic (exact) mass is 268 g/mol. The number of ether oxygens (including phenoxy) is 1. The Morgan fingerprint density at radius 1 is 1.50 bits per heavy atom. The lowest BCUT2D eigenvalue weighted by Gasteiger charge is -2.08. The Morgan fingerprint density at radius 2 is 2.28 bits per heavy atom. The van der Waals surface area contributed by atoms with Crippen LogP contribution in [0.1, 0.15) is 5.56 Å². The molecule has 4 nitrogen and oxygen atoms in total. The van der Waals surface area contributed by atoms with Crippen LogP contribution in [0.2, 0.25) is 5.15 Å². The summed E-state index contributed by atoms with van der Waals surface area (Å²) in [4.78, 5) is 15.4. The van der Waals surface area contributed by atoms with Crippen molar-refractivity contribution in [2.24, 2.45) is 0 Å². The van der Waals surface area contributed by atoms with Crippen molar-refractivity contribution in [3.63, 3.8) is 0 Å². The molecule has 2 rings (SSSR count). The van der Waals surface area contributed by atoms with Gasteiger partial charge in [-0.3, -0.25) is 9.36 Å². The molecule has 1 aromatic heterocycles. The first kappa shape index (κ1) is 12.6. The van der Waals surface area contributed by atoms with E-state index in [0.717, 1.165) is 0 Å². The molecule has 0 atom stereocenters. The average Bonchev–Trinajstić information content (AvgIpc) is 2.35. The number of benzene rings is 1. The summed E-state index contributed by atoms with van der Waals surface area (Å²) >= 11 is 5.58. The highest BCUT2D eigenvalue weighted by Crippen LogP contribution is 2.20. The summed E-state index contributed by atoms with van der Waals surface area (Å²) in [5.41, 5.74) is 0.0118. The summed E-state index contributed by atoms with van der Waals surface area (Å²) in [5, 5.41) is 0.113. The minimum absolute atomic E-state index is 0.0754. The van der Waals surface area contributed by atoms with Gasteiger partial charge in [-0.15, -0.1) is 0 Å². The van der Waals surface area contributed by atoms with Gasteiger partial charge in [0, 0.05) is 11.6 Å². The van der Waals surface area contributed by atoms with E-state index in [1.54, 1.807) is 12.1 Å². The smallest absolute Gasteiger partial charge is 0.255 e. The maximum Gasteiger partial charge on any atom is 0.255 e. The highest BCUT2D eigenvalue weighted by atomic mass is 35.5. The van der Waals surface area contributed by atoms with E-state index in [0.29, 0.717) is 5.56 Å². The van der Waals surface area contributed by atoms with Crippen molar-refractivity contribution in [2.45, 2.75) is 6.54 Å². The second kappa shape index (κ2) is 5.18. The first-order valence-electron chi connectivity index (χ1n) is 5.15. The maximum atomic E-state index is 13.9. The minimum atomic E-state index is -0.484. The molecule has 0 saturated heterocycles. The quantitative estimate of drug-likeness (QED) is 0.801. The molecule has 0 aliphatic rings. The van der Waals surface area contributed by atoms with Crippen molar-refractivity contribution in [1.29, 1.82) is 0 Å². The van der Waals surface area contributed by atoms with Gasteiger partial charge in [-0.2, -0.15) is 0 Å². The summed E-state index contributed by atoms with van der Waals surface area (Å²) < 4.78 is 20.0. The molecule has 0 spiro atoms. The SMILES string of the molecule is COc1cccc(Cn2cnc(Cl)cc2=O)c1F. The lowest BCUT2D eigenvalue weighted by molar-refractivity contribution is 0.383. The number of methoxy groups -OCH3 is 1. The molecule has 94 valence electrons. The average molecular weight is 269 g/mol. The lowest BCUT2D eigenvalue weighted by Crippen LogP contribution is -2.20. The van der Waals surface area contributed by atoms with Gasteiger partial charge in [0.2, 0.25) is 0 Å². The Labute approximate surface area is 108 Å². The van der Waals surface area contributed by atoms with Crippen molar-refractivity contribution in [1.82, 2.24) is 9.55 Å². The van der Waals surface area contributed by atoms with Crippen LogP contribution in [-0.4, -0.2) is 16.7 Å². The largest absolute Gasteiger partial charge is 0.494 e. The number of aromatic nitrogens is 2. The third kappa shape index (κ3) is 2.51. The first-order valence-corrected chi connectivity index (χ1v) is 5.53. The molecule has 0 radical (unpaired) electrons. The fourth-order valence-electron chi connectivity index (χ4n) is 1.54. The van der Waals surface area contributed by atoms with Crippen LogP contribution in [0.4, 0.5) is 4.39 Å². The van der Waals surface area contributed by atoms with Gasteiger partial charge in [-0.1, -0.05) is 23.7 Å². The Kier molecular flexibility index (Phi) is 3.62. The van der Waals surface area contributed by atoms with Gasteiger partial charge in [0.15, 0.2) is 11.6 Å². The van der Waals surface area contributed by atoms with E-state index in [-0.39, 0.29) is 23.0 Å². The highest BCUT2D eigenvalue weighted by Gasteiger charge is 2.09. The number of hydrogen-bond donors (Lipinski definition) is 0. The Hall–Kier alpha value is -1.88. The fourth-order valence-corrected chi connectivity index (χ4v) is 1.68. The molecule has 0 amide bonds. The zero-order valence-electron chi connectivity index (χ0n) is 9.56. The third-order valence-corrected chi connectivity index (χ3v) is 2.66. The Balaban J connectivity index is 2.37. The molecule has 6 heteroatoms. The Bertz CT molecular complexity index is 628. The van der Waals surface area contributed by atoms with E-state index in [1.165, 1.54) is 30.1 Å². The van der Waals surface area contributed by atoms with Crippen molar-refractivity contribution in [2.75, 3.05) is 7.11 Å². The predicted molar refractivity (Wildman–Crippen MR) is 65.6 cm³/mol. The standard InChI is InChI=1S/C12H10ClFN2O2/c1-18-9-4-2-3-8(12(9)14)6-16-7-15-10(13)5-11(16)17/h2-5,7H,6H2,1H3. The zero-order chi connectivity index (χ0) is 13.1. The van der Waals surface area contributed by atoms with Gasteiger partial charge in [0.25, 0.3) is 5.56 Å². The lowest BCUT2D eigenvalue weighted by atomic mass is 10.2. The molecule has 0 unspecified atom stereocenters. The molecule has 18 heavy (non-hydrogen) atoms. The third-order valence-electron chi connectivity index (χ3n) is 2.45. The second-order valence-electron chi connectivity index (χ2n) is 3.61. The van der Waals surface area contributed by atoms with Crippen molar-refractivity contribution >= 4 is 11.6 Å². The molecule has 0 N–H and O–H groups in total. The van der Waals surface area contributed by atoms with Crippen LogP contribution in [0.3, 0.4) is 0 Å². The van der Waals surface area contributed by atoms with E-state index in [1.807, 2.05) is 0 Å². The maximum absolute atomic E-state index is 13.9. The van der Waals surface area contributed by atoms with Crippen LogP contribution in [0, 0.1) is 5.82 Å². The molecular formula is C12H10ClFN2O2. The van der Waals surface area contributed by atoms with Gasteiger partial charge in [0.05, 0.1) is 20.0 Å². The Morgan fingerprint density at radius 3 is 2.94 bits per heavy atom. The zero-order valence-corrected chi connectivity index (χ0v) is 10.3. The van der Waals surface area contributed by atoms with Crippen LogP contribution >= 0.6 is 11.6 Å². The van der Waals surface area contributed by atoms with Crippen LogP contribution < -0.4 is 10.3 Å². The molecule has 2 aromatic rings. The van der Waals surface area contributed by atoms with E-state index in [9.17, 15) is 9.18 Å². The molecule has 0 bridgehead atoms. The fraction of sp³-hybridized carbons (Fsp3) is 0.167. The molecule has 1 heterocycles. The molecule has 0 saturated carbocycles. The molecule has 1 aromatic carbocycles. The van der Waals surface area contributed by atoms with Crippen LogP contribution in [0.5, 0.6) is 5.75 Å². The first-order chi connectivity index (χ1) is 8.61. The van der Waals surface area contributed by atoms with Crippen molar-refractivity contribution in [3.8, 4) is 5.75 Å². The summed E-state index contributed by atoms with van der Waals surface area (Å²) in [6.45, 7) is 0.0754. The topological polar surface area (TPSA) is 44.1 Å². The van der Waals surface area contributed by atoms with E-state index in [2.05, 4.69) is 4.98 Å². The van der Waals surface area contributed by atoms with Gasteiger partial charge in [-0.05, 0) is 6.07 Å². The molecular weight excluding hydrogens is 259 g/mol. The summed E-state index contributed by atoms with van der Waals surface area (Å²) in [6.07, 6.45) is 1.28. The van der Waals surface area contributed by atoms with Crippen molar-refractivity contribution in [3.05, 3.63) is 57.5 Å². The highest BCUT2D eigenvalue weighted by molar-refractivity contribution is 6.29. The van der Waals surface area contributed by atoms with Gasteiger partial charge < -0.3 is 4.74 Å². The van der Waals surface area contributed by atoms with Gasteiger partial charge in [-0.25, -0.2) is 9.37 Å². The summed E-state index contributed by atoms with van der Waals surface area (Å²) in [5.74, 6) is -0.343. The number of nitrogens with zero attached hydrogens (tertiary/aromatic N) is 2. The predicted octanol–water partition coefficient (Wildman–Crippen LogP) is 2.09. The van der Waals surface area contributed by atoms with Gasteiger partial charge in [0.1, 0.15) is 5.15 Å². The minimum Gasteiger partial charge on any atom is -0.494 e. The number of hydrogen-bond acceptors (Lipinski definition) is 3. The number of rotatable bonds is 3. The van der Waals surface area contributed by atoms with E-state index < -0.39 is 5.82 Å². The summed E-state index contributed by atoms with van der Waals surface area (Å²) in [6, 6.07) is 5.94.